The molecule has 0 spiro atoms. The van der Waals surface area contributed by atoms with Crippen LogP contribution in [0.25, 0.3) is 10.8 Å². The van der Waals surface area contributed by atoms with Crippen LogP contribution in [0.1, 0.15) is 28.4 Å². The minimum absolute atomic E-state index is 0.0781. The van der Waals surface area contributed by atoms with Crippen LogP contribution in [0.2, 0.25) is 0 Å². The molecule has 23 heavy (non-hydrogen) atoms. The predicted molar refractivity (Wildman–Crippen MR) is 95.1 cm³/mol. The van der Waals surface area contributed by atoms with Gasteiger partial charge in [-0.3, -0.25) is 4.79 Å². The van der Waals surface area contributed by atoms with E-state index in [4.69, 9.17) is 0 Å². The molecule has 0 saturated carbocycles. The van der Waals surface area contributed by atoms with E-state index in [1.807, 2.05) is 48.2 Å². The number of hydrogen-bond acceptors (Lipinski definition) is 1. The second-order valence-corrected chi connectivity index (χ2v) is 6.00. The van der Waals surface area contributed by atoms with Crippen LogP contribution in [0, 0.1) is 0 Å². The lowest BCUT2D eigenvalue weighted by Crippen LogP contribution is -2.30. The molecule has 1 aliphatic rings. The van der Waals surface area contributed by atoms with Crippen LogP contribution in [0.15, 0.2) is 60.7 Å². The highest BCUT2D eigenvalue weighted by Gasteiger charge is 2.22. The Labute approximate surface area is 136 Å². The fourth-order valence-corrected chi connectivity index (χ4v) is 3.63. The molecule has 4 rings (SSSR count). The van der Waals surface area contributed by atoms with Crippen molar-refractivity contribution in [2.45, 2.75) is 19.8 Å². The Balaban J connectivity index is 1.85. The average molecular weight is 301 g/mol. The summed E-state index contributed by atoms with van der Waals surface area (Å²) in [6.07, 6.45) is 2.17. The number of amides is 1. The topological polar surface area (TPSA) is 20.3 Å². The van der Waals surface area contributed by atoms with Crippen molar-refractivity contribution in [2.75, 3.05) is 11.4 Å². The summed E-state index contributed by atoms with van der Waals surface area (Å²) >= 11 is 0. The normalized spacial score (nSPS) is 12.6. The fraction of sp³-hybridized carbons (Fsp3) is 0.190. The summed E-state index contributed by atoms with van der Waals surface area (Å²) in [6, 6.07) is 20.4. The van der Waals surface area contributed by atoms with Crippen molar-refractivity contribution < 1.29 is 4.79 Å². The molecule has 2 heteroatoms. The van der Waals surface area contributed by atoms with E-state index >= 15 is 0 Å². The number of hydrogen-bond donors (Lipinski definition) is 0. The SMILES string of the molecule is CCN(C(=O)c1ccc2c3c(cccc13)CC2)c1ccccc1. The first-order chi connectivity index (χ1) is 11.3. The maximum Gasteiger partial charge on any atom is 0.258 e. The number of aryl methyl sites for hydroxylation is 2. The Hall–Kier alpha value is -2.61. The molecule has 0 heterocycles. The van der Waals surface area contributed by atoms with Gasteiger partial charge in [0.05, 0.1) is 0 Å². The lowest BCUT2D eigenvalue weighted by atomic mass is 9.99. The number of carbonyl (C=O) groups is 1. The molecule has 0 aromatic heterocycles. The number of anilines is 1. The molecular formula is C21H19NO. The van der Waals surface area contributed by atoms with Gasteiger partial charge < -0.3 is 4.90 Å². The zero-order chi connectivity index (χ0) is 15.8. The molecule has 0 unspecified atom stereocenters. The maximum atomic E-state index is 13.2. The van der Waals surface area contributed by atoms with E-state index in [1.54, 1.807) is 0 Å². The third-order valence-corrected chi connectivity index (χ3v) is 4.74. The number of para-hydroxylation sites is 1. The van der Waals surface area contributed by atoms with Gasteiger partial charge in [0, 0.05) is 17.8 Å². The van der Waals surface area contributed by atoms with Crippen molar-refractivity contribution in [2.24, 2.45) is 0 Å². The Morgan fingerprint density at radius 2 is 1.65 bits per heavy atom. The van der Waals surface area contributed by atoms with Gasteiger partial charge in [-0.1, -0.05) is 42.5 Å². The van der Waals surface area contributed by atoms with E-state index in [1.165, 1.54) is 16.5 Å². The van der Waals surface area contributed by atoms with Crippen molar-refractivity contribution in [1.82, 2.24) is 0 Å². The van der Waals surface area contributed by atoms with E-state index in [2.05, 4.69) is 24.3 Å². The monoisotopic (exact) mass is 301 g/mol. The zero-order valence-corrected chi connectivity index (χ0v) is 13.3. The van der Waals surface area contributed by atoms with Crippen LogP contribution in [-0.2, 0) is 12.8 Å². The minimum Gasteiger partial charge on any atom is -0.309 e. The van der Waals surface area contributed by atoms with Crippen LogP contribution >= 0.6 is 0 Å². The first-order valence-corrected chi connectivity index (χ1v) is 8.20. The molecule has 114 valence electrons. The van der Waals surface area contributed by atoms with E-state index in [9.17, 15) is 4.79 Å². The van der Waals surface area contributed by atoms with Gasteiger partial charge in [0.1, 0.15) is 0 Å². The molecule has 1 amide bonds. The minimum atomic E-state index is 0.0781. The number of carbonyl (C=O) groups excluding carboxylic acids is 1. The number of nitrogens with zero attached hydrogens (tertiary/aromatic N) is 1. The van der Waals surface area contributed by atoms with Crippen molar-refractivity contribution >= 4 is 22.4 Å². The van der Waals surface area contributed by atoms with Crippen LogP contribution in [0.3, 0.4) is 0 Å². The molecule has 2 nitrogen and oxygen atoms in total. The van der Waals surface area contributed by atoms with Gasteiger partial charge in [-0.15, -0.1) is 0 Å². The molecule has 0 bridgehead atoms. The van der Waals surface area contributed by atoms with Gasteiger partial charge in [-0.05, 0) is 59.9 Å². The second-order valence-electron chi connectivity index (χ2n) is 6.00. The molecule has 0 N–H and O–H groups in total. The van der Waals surface area contributed by atoms with Gasteiger partial charge in [-0.2, -0.15) is 0 Å². The summed E-state index contributed by atoms with van der Waals surface area (Å²) in [5.41, 5.74) is 4.49. The Kier molecular flexibility index (Phi) is 3.38. The first kappa shape index (κ1) is 14.0. The number of rotatable bonds is 3. The standard InChI is InChI=1S/C21H19NO/c1-2-22(17-8-4-3-5-9-17)21(23)19-14-13-16-12-11-15-7-6-10-18(19)20(15)16/h3-10,13-14H,2,11-12H2,1H3. The lowest BCUT2D eigenvalue weighted by molar-refractivity contribution is 0.0990. The maximum absolute atomic E-state index is 13.2. The zero-order valence-electron chi connectivity index (χ0n) is 13.3. The lowest BCUT2D eigenvalue weighted by Gasteiger charge is -2.22. The third-order valence-electron chi connectivity index (χ3n) is 4.74. The summed E-state index contributed by atoms with van der Waals surface area (Å²) in [4.78, 5) is 15.0. The molecule has 0 radical (unpaired) electrons. The fourth-order valence-electron chi connectivity index (χ4n) is 3.63. The van der Waals surface area contributed by atoms with Crippen molar-refractivity contribution in [3.05, 3.63) is 77.4 Å². The second kappa shape index (κ2) is 5.54. The summed E-state index contributed by atoms with van der Waals surface area (Å²) in [5, 5.41) is 2.39. The van der Waals surface area contributed by atoms with Crippen LogP contribution in [0.4, 0.5) is 5.69 Å². The Bertz CT molecular complexity index is 873. The third kappa shape index (κ3) is 2.22. The van der Waals surface area contributed by atoms with Gasteiger partial charge in [0.2, 0.25) is 0 Å². The molecule has 1 aliphatic carbocycles. The molecule has 3 aromatic carbocycles. The smallest absolute Gasteiger partial charge is 0.258 e. The molecular weight excluding hydrogens is 282 g/mol. The Morgan fingerprint density at radius 1 is 0.913 bits per heavy atom. The average Bonchev–Trinajstić information content (AvgIpc) is 3.02. The van der Waals surface area contributed by atoms with E-state index in [0.29, 0.717) is 6.54 Å². The first-order valence-electron chi connectivity index (χ1n) is 8.20. The predicted octanol–water partition coefficient (Wildman–Crippen LogP) is 4.61. The van der Waals surface area contributed by atoms with Gasteiger partial charge in [0.15, 0.2) is 0 Å². The van der Waals surface area contributed by atoms with Crippen molar-refractivity contribution in [3.63, 3.8) is 0 Å². The van der Waals surface area contributed by atoms with Gasteiger partial charge >= 0.3 is 0 Å². The molecule has 0 fully saturated rings. The van der Waals surface area contributed by atoms with E-state index in [0.717, 1.165) is 29.5 Å². The van der Waals surface area contributed by atoms with Crippen molar-refractivity contribution in [3.8, 4) is 0 Å². The van der Waals surface area contributed by atoms with E-state index < -0.39 is 0 Å². The van der Waals surface area contributed by atoms with E-state index in [-0.39, 0.29) is 5.91 Å². The van der Waals surface area contributed by atoms with Crippen LogP contribution in [-0.4, -0.2) is 12.5 Å². The van der Waals surface area contributed by atoms with Crippen LogP contribution in [0.5, 0.6) is 0 Å². The molecule has 0 aliphatic heterocycles. The highest BCUT2D eigenvalue weighted by atomic mass is 16.2. The summed E-state index contributed by atoms with van der Waals surface area (Å²) in [6.45, 7) is 2.68. The van der Waals surface area contributed by atoms with Gasteiger partial charge in [-0.25, -0.2) is 0 Å². The highest BCUT2D eigenvalue weighted by molar-refractivity contribution is 6.15. The van der Waals surface area contributed by atoms with Gasteiger partial charge in [0.25, 0.3) is 5.91 Å². The molecule has 0 saturated heterocycles. The summed E-state index contributed by atoms with van der Waals surface area (Å²) < 4.78 is 0. The van der Waals surface area contributed by atoms with Crippen molar-refractivity contribution in [1.29, 1.82) is 0 Å². The largest absolute Gasteiger partial charge is 0.309 e. The summed E-state index contributed by atoms with van der Waals surface area (Å²) in [7, 11) is 0. The highest BCUT2D eigenvalue weighted by Crippen LogP contribution is 2.33. The summed E-state index contributed by atoms with van der Waals surface area (Å²) in [5.74, 6) is 0.0781. The Morgan fingerprint density at radius 3 is 2.39 bits per heavy atom. The molecule has 0 atom stereocenters. The molecule has 3 aromatic rings. The number of benzene rings is 3. The quantitative estimate of drug-likeness (QED) is 0.692. The van der Waals surface area contributed by atoms with Crippen LogP contribution < -0.4 is 4.90 Å².